The summed E-state index contributed by atoms with van der Waals surface area (Å²) < 4.78 is 7.30. The van der Waals surface area contributed by atoms with Crippen LogP contribution in [0.25, 0.3) is 17.1 Å². The van der Waals surface area contributed by atoms with Gasteiger partial charge in [-0.05, 0) is 49.6 Å². The zero-order chi connectivity index (χ0) is 26.6. The molecule has 10 heteroatoms. The van der Waals surface area contributed by atoms with Crippen LogP contribution in [0, 0.1) is 6.92 Å². The van der Waals surface area contributed by atoms with Crippen LogP contribution >= 0.6 is 23.1 Å². The Bertz CT molecular complexity index is 1400. The normalized spacial score (nSPS) is 15.5. The number of carbonyl (C=O) groups excluding carboxylic acids is 2. The predicted molar refractivity (Wildman–Crippen MR) is 150 cm³/mol. The van der Waals surface area contributed by atoms with Gasteiger partial charge in [0.1, 0.15) is 5.75 Å². The number of ether oxygens (including phenoxy) is 1. The van der Waals surface area contributed by atoms with Crippen LogP contribution in [0.15, 0.2) is 71.2 Å². The zero-order valence-corrected chi connectivity index (χ0v) is 23.2. The van der Waals surface area contributed by atoms with E-state index in [1.807, 2.05) is 94.3 Å². The van der Waals surface area contributed by atoms with Gasteiger partial charge in [0.05, 0.1) is 17.7 Å². The van der Waals surface area contributed by atoms with Gasteiger partial charge in [-0.15, -0.1) is 21.5 Å². The predicted octanol–water partition coefficient (Wildman–Crippen LogP) is 4.78. The second kappa shape index (κ2) is 11.4. The fourth-order valence-corrected chi connectivity index (χ4v) is 6.00. The van der Waals surface area contributed by atoms with Crippen molar-refractivity contribution in [3.8, 4) is 22.8 Å². The molecule has 0 spiro atoms. The first-order chi connectivity index (χ1) is 18.4. The highest BCUT2D eigenvalue weighted by atomic mass is 32.2. The molecule has 2 amide bonds. The highest BCUT2D eigenvalue weighted by molar-refractivity contribution is 7.99. The number of aryl methyl sites for hydroxylation is 1. The Morgan fingerprint density at radius 3 is 2.47 bits per heavy atom. The number of thiophene rings is 1. The average Bonchev–Trinajstić information content (AvgIpc) is 3.63. The van der Waals surface area contributed by atoms with Crippen molar-refractivity contribution in [1.29, 1.82) is 0 Å². The molecule has 0 aliphatic carbocycles. The van der Waals surface area contributed by atoms with Crippen LogP contribution in [-0.4, -0.2) is 74.9 Å². The molecule has 2 aromatic heterocycles. The number of hydrogen-bond acceptors (Lipinski definition) is 7. The first-order valence-corrected chi connectivity index (χ1v) is 14.2. The number of methoxy groups -OCH3 is 1. The highest BCUT2D eigenvalue weighted by Gasteiger charge is 2.31. The molecule has 1 unspecified atom stereocenters. The minimum atomic E-state index is -0.0524. The van der Waals surface area contributed by atoms with Crippen molar-refractivity contribution in [2.24, 2.45) is 0 Å². The number of aromatic nitrogens is 3. The molecule has 0 radical (unpaired) electrons. The van der Waals surface area contributed by atoms with Crippen molar-refractivity contribution in [3.05, 3.63) is 76.5 Å². The van der Waals surface area contributed by atoms with Gasteiger partial charge in [-0.3, -0.25) is 14.2 Å². The molecule has 196 valence electrons. The minimum absolute atomic E-state index is 0.0197. The van der Waals surface area contributed by atoms with E-state index in [2.05, 4.69) is 10.2 Å². The quantitative estimate of drug-likeness (QED) is 0.310. The van der Waals surface area contributed by atoms with Crippen molar-refractivity contribution in [2.75, 3.05) is 32.5 Å². The van der Waals surface area contributed by atoms with Crippen molar-refractivity contribution >= 4 is 34.9 Å². The molecule has 1 fully saturated rings. The van der Waals surface area contributed by atoms with E-state index in [-0.39, 0.29) is 23.6 Å². The van der Waals surface area contributed by atoms with Gasteiger partial charge in [-0.2, -0.15) is 0 Å². The number of benzene rings is 2. The van der Waals surface area contributed by atoms with E-state index in [1.54, 1.807) is 7.11 Å². The Hall–Kier alpha value is -3.63. The van der Waals surface area contributed by atoms with Gasteiger partial charge < -0.3 is 14.5 Å². The Balaban J connectivity index is 1.31. The molecule has 0 N–H and O–H groups in total. The molecule has 2 aromatic carbocycles. The van der Waals surface area contributed by atoms with Crippen molar-refractivity contribution in [3.63, 3.8) is 0 Å². The van der Waals surface area contributed by atoms with Crippen LogP contribution in [0.2, 0.25) is 0 Å². The fraction of sp³-hybridized carbons (Fsp3) is 0.286. The lowest BCUT2D eigenvalue weighted by molar-refractivity contribution is -0.130. The van der Waals surface area contributed by atoms with Gasteiger partial charge in [0.15, 0.2) is 11.0 Å². The fourth-order valence-electron chi connectivity index (χ4n) is 4.46. The van der Waals surface area contributed by atoms with Crippen LogP contribution in [0.5, 0.6) is 5.75 Å². The van der Waals surface area contributed by atoms with Crippen LogP contribution in [0.1, 0.15) is 22.2 Å². The van der Waals surface area contributed by atoms with Crippen LogP contribution in [0.4, 0.5) is 0 Å². The smallest absolute Gasteiger partial charge is 0.264 e. The Morgan fingerprint density at radius 1 is 1.05 bits per heavy atom. The van der Waals surface area contributed by atoms with E-state index in [0.717, 1.165) is 27.4 Å². The molecule has 0 bridgehead atoms. The van der Waals surface area contributed by atoms with E-state index < -0.39 is 0 Å². The molecule has 38 heavy (non-hydrogen) atoms. The van der Waals surface area contributed by atoms with Gasteiger partial charge in [0, 0.05) is 36.9 Å². The minimum Gasteiger partial charge on any atom is -0.497 e. The van der Waals surface area contributed by atoms with Crippen LogP contribution in [-0.2, 0) is 4.79 Å². The summed E-state index contributed by atoms with van der Waals surface area (Å²) in [4.78, 5) is 30.4. The number of thioether (sulfide) groups is 1. The molecule has 8 nitrogen and oxygen atoms in total. The average molecular weight is 548 g/mol. The monoisotopic (exact) mass is 547 g/mol. The van der Waals surface area contributed by atoms with E-state index in [4.69, 9.17) is 4.74 Å². The van der Waals surface area contributed by atoms with Crippen molar-refractivity contribution in [1.82, 2.24) is 24.6 Å². The number of amides is 2. The summed E-state index contributed by atoms with van der Waals surface area (Å²) in [5.74, 6) is 1.75. The topological polar surface area (TPSA) is 80.6 Å². The second-order valence-electron chi connectivity index (χ2n) is 9.16. The van der Waals surface area contributed by atoms with Gasteiger partial charge in [-0.25, -0.2) is 0 Å². The highest BCUT2D eigenvalue weighted by Crippen LogP contribution is 2.29. The molecule has 3 heterocycles. The molecule has 1 aliphatic heterocycles. The maximum absolute atomic E-state index is 13.2. The van der Waals surface area contributed by atoms with E-state index >= 15 is 0 Å². The van der Waals surface area contributed by atoms with Gasteiger partial charge in [-0.1, -0.05) is 47.7 Å². The Labute approximate surface area is 230 Å². The third kappa shape index (κ3) is 5.46. The number of rotatable bonds is 7. The molecule has 5 rings (SSSR count). The lowest BCUT2D eigenvalue weighted by Gasteiger charge is -2.39. The molecular formula is C28H29N5O3S2. The lowest BCUT2D eigenvalue weighted by Crippen LogP contribution is -2.55. The van der Waals surface area contributed by atoms with E-state index in [1.165, 1.54) is 23.1 Å². The third-order valence-electron chi connectivity index (χ3n) is 6.57. The van der Waals surface area contributed by atoms with Gasteiger partial charge >= 0.3 is 0 Å². The maximum atomic E-state index is 13.2. The largest absolute Gasteiger partial charge is 0.497 e. The standard InChI is InChI=1S/C28H29N5O3S2/c1-19-6-8-21(9-7-19)26-29-30-28(33(26)22-10-12-23(36-3)13-11-22)38-18-25(34)31-14-15-32(20(2)17-31)27(35)24-5-4-16-37-24/h4-13,16,20H,14-15,17-18H2,1-3H3. The first-order valence-electron chi connectivity index (χ1n) is 12.4. The van der Waals surface area contributed by atoms with Crippen LogP contribution in [0.3, 0.4) is 0 Å². The molecular weight excluding hydrogens is 518 g/mol. The molecule has 1 saturated heterocycles. The van der Waals surface area contributed by atoms with Crippen molar-refractivity contribution < 1.29 is 14.3 Å². The van der Waals surface area contributed by atoms with Gasteiger partial charge in [0.25, 0.3) is 5.91 Å². The number of nitrogens with zero attached hydrogens (tertiary/aromatic N) is 5. The number of carbonyl (C=O) groups is 2. The van der Waals surface area contributed by atoms with Crippen molar-refractivity contribution in [2.45, 2.75) is 25.0 Å². The van der Waals surface area contributed by atoms with E-state index in [9.17, 15) is 9.59 Å². The lowest BCUT2D eigenvalue weighted by atomic mass is 10.1. The summed E-state index contributed by atoms with van der Waals surface area (Å²) in [6.45, 7) is 5.58. The second-order valence-corrected chi connectivity index (χ2v) is 11.0. The van der Waals surface area contributed by atoms with Gasteiger partial charge in [0.2, 0.25) is 5.91 Å². The first kappa shape index (κ1) is 26.0. The van der Waals surface area contributed by atoms with E-state index in [0.29, 0.717) is 30.6 Å². The van der Waals surface area contributed by atoms with Crippen LogP contribution < -0.4 is 4.74 Å². The summed E-state index contributed by atoms with van der Waals surface area (Å²) in [5, 5.41) is 11.5. The SMILES string of the molecule is COc1ccc(-n2c(SCC(=O)N3CCN(C(=O)c4cccs4)C(C)C3)nnc2-c2ccc(C)cc2)cc1. The molecule has 1 atom stereocenters. The third-order valence-corrected chi connectivity index (χ3v) is 8.34. The molecule has 1 aliphatic rings. The summed E-state index contributed by atoms with van der Waals surface area (Å²) in [5.41, 5.74) is 2.99. The number of piperazine rings is 1. The molecule has 4 aromatic rings. The Morgan fingerprint density at radius 2 is 1.82 bits per heavy atom. The number of hydrogen-bond donors (Lipinski definition) is 0. The maximum Gasteiger partial charge on any atom is 0.264 e. The summed E-state index contributed by atoms with van der Waals surface area (Å²) in [6.07, 6.45) is 0. The summed E-state index contributed by atoms with van der Waals surface area (Å²) >= 11 is 2.81. The summed E-state index contributed by atoms with van der Waals surface area (Å²) in [6, 6.07) is 19.5. The summed E-state index contributed by atoms with van der Waals surface area (Å²) in [7, 11) is 1.64. The molecule has 0 saturated carbocycles. The zero-order valence-electron chi connectivity index (χ0n) is 21.5. The Kier molecular flexibility index (Phi) is 7.80.